The van der Waals surface area contributed by atoms with Gasteiger partial charge in [0.15, 0.2) is 0 Å². The van der Waals surface area contributed by atoms with Crippen molar-refractivity contribution in [2.24, 2.45) is 9.98 Å². The molecule has 0 radical (unpaired) electrons. The molecule has 0 unspecified atom stereocenters. The molecule has 55 heavy (non-hydrogen) atoms. The molecule has 2 aromatic heterocycles. The third kappa shape index (κ3) is 5.46. The Labute approximate surface area is 321 Å². The first-order chi connectivity index (χ1) is 26.8. The number of aromatic nitrogens is 2. The maximum absolute atomic E-state index is 5.52. The topological polar surface area (TPSA) is 48.7 Å². The minimum absolute atomic E-state index is 0.625. The highest BCUT2D eigenvalue weighted by Crippen LogP contribution is 2.44. The monoisotopic (exact) mass is 711 g/mol. The van der Waals surface area contributed by atoms with E-state index in [-0.39, 0.29) is 0 Å². The number of rotatable bonds is 4. The highest BCUT2D eigenvalue weighted by atomic mass is 15.3. The van der Waals surface area contributed by atoms with Gasteiger partial charge in [-0.1, -0.05) is 119 Å². The first-order valence-corrected chi connectivity index (χ1v) is 19.0. The van der Waals surface area contributed by atoms with Gasteiger partial charge in [-0.3, -0.25) is 4.99 Å². The summed E-state index contributed by atoms with van der Waals surface area (Å²) in [5, 5.41) is 2.01. The second-order valence-corrected chi connectivity index (χ2v) is 15.2. The number of hydrogen-bond acceptors (Lipinski definition) is 3. The molecule has 1 N–H and O–H groups in total. The SMILES string of the molecule is Cc1ccc(C2=C3C=CC(=N3)C(c3ccc(C)cc3)=c3ccc([nH]3)=C(c3ccc(C)cc3)C3=C4C(=C(c5ccc(C)cc5)c5ccc2n5CN4C)C=N3)cc1. The maximum atomic E-state index is 5.52. The maximum Gasteiger partial charge on any atom is 0.0969 e. The average molecular weight is 712 g/mol. The Kier molecular flexibility index (Phi) is 7.60. The summed E-state index contributed by atoms with van der Waals surface area (Å²) in [5.41, 5.74) is 21.1. The van der Waals surface area contributed by atoms with Crippen LogP contribution in [0.4, 0.5) is 0 Å². The molecule has 0 amide bonds. The molecule has 6 bridgehead atoms. The highest BCUT2D eigenvalue weighted by Gasteiger charge is 2.33. The van der Waals surface area contributed by atoms with Crippen LogP contribution in [-0.4, -0.2) is 33.4 Å². The molecule has 0 aliphatic carbocycles. The molecule has 5 nitrogen and oxygen atoms in total. The van der Waals surface area contributed by atoms with E-state index in [1.54, 1.807) is 0 Å². The lowest BCUT2D eigenvalue weighted by Gasteiger charge is -2.24. The van der Waals surface area contributed by atoms with Gasteiger partial charge in [-0.05, 0) is 86.4 Å². The third-order valence-corrected chi connectivity index (χ3v) is 11.3. The Morgan fingerprint density at radius 1 is 0.509 bits per heavy atom. The molecule has 10 rings (SSSR count). The smallest absolute Gasteiger partial charge is 0.0969 e. The summed E-state index contributed by atoms with van der Waals surface area (Å²) in [7, 11) is 2.20. The van der Waals surface area contributed by atoms with Crippen LogP contribution in [0.2, 0.25) is 0 Å². The number of benzene rings is 4. The van der Waals surface area contributed by atoms with Crippen LogP contribution in [0.15, 0.2) is 166 Å². The van der Waals surface area contributed by atoms with Crippen molar-refractivity contribution in [2.75, 3.05) is 7.05 Å². The second-order valence-electron chi connectivity index (χ2n) is 15.2. The normalized spacial score (nSPS) is 16.0. The summed E-state index contributed by atoms with van der Waals surface area (Å²) >= 11 is 0. The van der Waals surface area contributed by atoms with Crippen molar-refractivity contribution >= 4 is 34.2 Å². The van der Waals surface area contributed by atoms with E-state index in [0.29, 0.717) is 6.67 Å². The first-order valence-electron chi connectivity index (χ1n) is 19.0. The van der Waals surface area contributed by atoms with E-state index < -0.39 is 0 Å². The molecule has 0 saturated heterocycles. The predicted octanol–water partition coefficient (Wildman–Crippen LogP) is 8.93. The van der Waals surface area contributed by atoms with Gasteiger partial charge in [0.1, 0.15) is 0 Å². The number of likely N-dealkylation sites (N-methyl/N-ethyl adjacent to an activating group) is 1. The van der Waals surface area contributed by atoms with Gasteiger partial charge < -0.3 is 14.5 Å². The van der Waals surface area contributed by atoms with E-state index in [4.69, 9.17) is 9.98 Å². The van der Waals surface area contributed by atoms with Gasteiger partial charge in [0.05, 0.1) is 40.9 Å². The molecule has 5 heteroatoms. The van der Waals surface area contributed by atoms with Crippen LogP contribution >= 0.6 is 0 Å². The van der Waals surface area contributed by atoms with Crippen molar-refractivity contribution < 1.29 is 0 Å². The lowest BCUT2D eigenvalue weighted by molar-refractivity contribution is 0.343. The van der Waals surface area contributed by atoms with Crippen molar-refractivity contribution in [1.29, 1.82) is 0 Å². The zero-order chi connectivity index (χ0) is 37.4. The Hall–Kier alpha value is -6.72. The number of nitrogens with one attached hydrogen (secondary N) is 1. The quantitative estimate of drug-likeness (QED) is 0.195. The number of hydrogen-bond donors (Lipinski definition) is 1. The summed E-state index contributed by atoms with van der Waals surface area (Å²) in [4.78, 5) is 17.2. The van der Waals surface area contributed by atoms with Crippen molar-refractivity contribution in [3.63, 3.8) is 0 Å². The summed E-state index contributed by atoms with van der Waals surface area (Å²) in [6.07, 6.45) is 6.47. The molecule has 6 aromatic rings. The zero-order valence-corrected chi connectivity index (χ0v) is 31.8. The van der Waals surface area contributed by atoms with Crippen LogP contribution in [0.1, 0.15) is 55.9 Å². The Balaban J connectivity index is 1.39. The summed E-state index contributed by atoms with van der Waals surface area (Å²) < 4.78 is 2.48. The van der Waals surface area contributed by atoms with Crippen molar-refractivity contribution in [1.82, 2.24) is 14.5 Å². The molecule has 4 aromatic carbocycles. The van der Waals surface area contributed by atoms with Crippen LogP contribution in [-0.2, 0) is 6.67 Å². The fourth-order valence-corrected chi connectivity index (χ4v) is 8.41. The molecule has 0 atom stereocenters. The van der Waals surface area contributed by atoms with E-state index in [0.717, 1.165) is 89.4 Å². The number of H-pyrrole nitrogens is 1. The van der Waals surface area contributed by atoms with E-state index >= 15 is 0 Å². The fourth-order valence-electron chi connectivity index (χ4n) is 8.41. The summed E-state index contributed by atoms with van der Waals surface area (Å²) in [6.45, 7) is 9.18. The van der Waals surface area contributed by atoms with Gasteiger partial charge in [-0.15, -0.1) is 0 Å². The molecule has 266 valence electrons. The molecule has 4 aliphatic rings. The van der Waals surface area contributed by atoms with Crippen LogP contribution in [0, 0.1) is 27.7 Å². The van der Waals surface area contributed by atoms with Crippen LogP contribution in [0.25, 0.3) is 22.3 Å². The van der Waals surface area contributed by atoms with Crippen molar-refractivity contribution in [3.8, 4) is 0 Å². The second kappa shape index (κ2) is 12.7. The van der Waals surface area contributed by atoms with Crippen molar-refractivity contribution in [3.05, 3.63) is 223 Å². The van der Waals surface area contributed by atoms with Gasteiger partial charge in [-0.2, -0.15) is 0 Å². The number of aromatic amines is 1. The number of nitrogens with zero attached hydrogens (tertiary/aromatic N) is 4. The molecular weight excluding hydrogens is 671 g/mol. The van der Waals surface area contributed by atoms with E-state index in [1.807, 2.05) is 0 Å². The van der Waals surface area contributed by atoms with Crippen LogP contribution in [0.5, 0.6) is 0 Å². The standard InChI is InChI=1S/C50H41N5/c1-30-6-14-34(15-7-30)45-38-28-51-49-48(37-20-12-33(4)13-21-37)42-25-23-40(53-42)46(35-16-8-31(2)9-17-35)39-22-24-41(52-39)47(36-18-10-32(3)11-19-36)44-27-26-43(45)55(44)29-54(5)50(38)49/h6-28,53H,29H2,1-5H3. The minimum atomic E-state index is 0.625. The van der Waals surface area contributed by atoms with Gasteiger partial charge in [0, 0.05) is 51.8 Å². The summed E-state index contributed by atoms with van der Waals surface area (Å²) in [6, 6.07) is 44.4. The van der Waals surface area contributed by atoms with Gasteiger partial charge in [0.2, 0.25) is 0 Å². The first kappa shape index (κ1) is 32.9. The molecule has 4 aliphatic heterocycles. The number of fused-ring (bicyclic) bond motifs is 4. The Morgan fingerprint density at radius 2 is 0.982 bits per heavy atom. The molecule has 0 spiro atoms. The van der Waals surface area contributed by atoms with Gasteiger partial charge in [0.25, 0.3) is 0 Å². The zero-order valence-electron chi connectivity index (χ0n) is 31.8. The lowest BCUT2D eigenvalue weighted by Crippen LogP contribution is -2.24. The third-order valence-electron chi connectivity index (χ3n) is 11.3. The number of aliphatic imine (C=N–C) groups is 2. The van der Waals surface area contributed by atoms with Crippen LogP contribution in [0.3, 0.4) is 0 Å². The lowest BCUT2D eigenvalue weighted by atomic mass is 9.93. The minimum Gasteiger partial charge on any atom is -0.354 e. The molecular formula is C50H41N5. The number of aryl methyl sites for hydroxylation is 4. The summed E-state index contributed by atoms with van der Waals surface area (Å²) in [5.74, 6) is 0. The van der Waals surface area contributed by atoms with Crippen LogP contribution < -0.4 is 10.7 Å². The Morgan fingerprint density at radius 3 is 1.55 bits per heavy atom. The van der Waals surface area contributed by atoms with E-state index in [9.17, 15) is 0 Å². The van der Waals surface area contributed by atoms with Crippen molar-refractivity contribution in [2.45, 2.75) is 34.4 Å². The largest absolute Gasteiger partial charge is 0.354 e. The fraction of sp³-hybridized carbons (Fsp3) is 0.120. The van der Waals surface area contributed by atoms with E-state index in [2.05, 4.69) is 189 Å². The average Bonchev–Trinajstić information content (AvgIpc) is 4.01. The molecule has 0 saturated carbocycles. The van der Waals surface area contributed by atoms with E-state index in [1.165, 1.54) is 27.8 Å². The Bertz CT molecular complexity index is 2880. The highest BCUT2D eigenvalue weighted by molar-refractivity contribution is 6.30. The van der Waals surface area contributed by atoms with Gasteiger partial charge >= 0.3 is 0 Å². The molecule has 6 heterocycles. The molecule has 0 fully saturated rings. The van der Waals surface area contributed by atoms with Gasteiger partial charge in [-0.25, -0.2) is 4.99 Å². The predicted molar refractivity (Wildman–Crippen MR) is 226 cm³/mol. The number of allylic oxidation sites excluding steroid dienone is 4.